The van der Waals surface area contributed by atoms with Crippen LogP contribution in [0.1, 0.15) is 31.3 Å². The van der Waals surface area contributed by atoms with E-state index in [-0.39, 0.29) is 18.2 Å². The van der Waals surface area contributed by atoms with Gasteiger partial charge in [-0.2, -0.15) is 10.1 Å². The number of rotatable bonds is 5. The van der Waals surface area contributed by atoms with E-state index >= 15 is 0 Å². The number of nitrogens with one attached hydrogen (secondary N) is 1. The summed E-state index contributed by atoms with van der Waals surface area (Å²) in [7, 11) is 1.65. The molecular weight excluding hydrogens is 252 g/mol. The predicted octanol–water partition coefficient (Wildman–Crippen LogP) is 1.45. The smallest absolute Gasteiger partial charge is 0.334 e. The van der Waals surface area contributed by atoms with Crippen LogP contribution >= 0.6 is 0 Å². The van der Waals surface area contributed by atoms with Gasteiger partial charge in [0, 0.05) is 13.0 Å². The normalized spacial score (nSPS) is 10.9. The van der Waals surface area contributed by atoms with Crippen LogP contribution in [0.2, 0.25) is 0 Å². The molecule has 0 aliphatic carbocycles. The first-order valence-electron chi connectivity index (χ1n) is 5.71. The van der Waals surface area contributed by atoms with Crippen molar-refractivity contribution in [3.8, 4) is 0 Å². The van der Waals surface area contributed by atoms with Crippen LogP contribution in [0.4, 0.5) is 11.5 Å². The van der Waals surface area contributed by atoms with Gasteiger partial charge in [0.05, 0.1) is 11.5 Å². The summed E-state index contributed by atoms with van der Waals surface area (Å²) in [5.74, 6) is 0.715. The highest BCUT2D eigenvalue weighted by molar-refractivity contribution is 5.60. The summed E-state index contributed by atoms with van der Waals surface area (Å²) in [6.07, 6.45) is 1.20. The summed E-state index contributed by atoms with van der Waals surface area (Å²) in [6, 6.07) is 0. The lowest BCUT2D eigenvalue weighted by atomic mass is 10.1. The molecular formula is C10H14N6O3. The van der Waals surface area contributed by atoms with E-state index in [0.717, 1.165) is 0 Å². The average Bonchev–Trinajstić information content (AvgIpc) is 2.93. The van der Waals surface area contributed by atoms with Crippen LogP contribution in [-0.4, -0.2) is 24.8 Å². The number of hydrogen-bond acceptors (Lipinski definition) is 7. The van der Waals surface area contributed by atoms with Crippen molar-refractivity contribution in [2.75, 3.05) is 5.32 Å². The molecule has 1 N–H and O–H groups in total. The number of nitrogens with zero attached hydrogens (tertiary/aromatic N) is 5. The van der Waals surface area contributed by atoms with Crippen LogP contribution < -0.4 is 5.32 Å². The third-order valence-corrected chi connectivity index (χ3v) is 2.60. The second kappa shape index (κ2) is 5.04. The Hall–Kier alpha value is -2.45. The molecule has 0 aromatic carbocycles. The van der Waals surface area contributed by atoms with Gasteiger partial charge >= 0.3 is 5.69 Å². The maximum Gasteiger partial charge on any atom is 0.334 e. The van der Waals surface area contributed by atoms with Gasteiger partial charge in [0.2, 0.25) is 12.2 Å². The maximum atomic E-state index is 11.2. The Balaban J connectivity index is 2.30. The van der Waals surface area contributed by atoms with Crippen LogP contribution in [0.25, 0.3) is 0 Å². The molecule has 0 spiro atoms. The van der Waals surface area contributed by atoms with Crippen molar-refractivity contribution in [2.24, 2.45) is 7.05 Å². The average molecular weight is 266 g/mol. The van der Waals surface area contributed by atoms with Gasteiger partial charge in [-0.15, -0.1) is 0 Å². The maximum absolute atomic E-state index is 11.2. The van der Waals surface area contributed by atoms with E-state index in [0.29, 0.717) is 17.3 Å². The molecule has 2 heterocycles. The second-order valence-corrected chi connectivity index (χ2v) is 4.32. The summed E-state index contributed by atoms with van der Waals surface area (Å²) in [6.45, 7) is 3.95. The molecule has 9 nitrogen and oxygen atoms in total. The van der Waals surface area contributed by atoms with E-state index in [1.165, 1.54) is 11.1 Å². The topological polar surface area (TPSA) is 112 Å². The van der Waals surface area contributed by atoms with Crippen molar-refractivity contribution in [1.29, 1.82) is 0 Å². The minimum absolute atomic E-state index is 0.0130. The molecule has 0 aliphatic heterocycles. The third kappa shape index (κ3) is 2.54. The Kier molecular flexibility index (Phi) is 3.45. The van der Waals surface area contributed by atoms with Gasteiger partial charge in [-0.3, -0.25) is 10.1 Å². The molecule has 0 atom stereocenters. The van der Waals surface area contributed by atoms with Crippen LogP contribution in [-0.2, 0) is 13.6 Å². The minimum atomic E-state index is -0.430. The van der Waals surface area contributed by atoms with E-state index in [1.807, 2.05) is 13.8 Å². The summed E-state index contributed by atoms with van der Waals surface area (Å²) in [5.41, 5.74) is 0.434. The zero-order chi connectivity index (χ0) is 14.0. The molecule has 2 aromatic rings. The molecule has 0 amide bonds. The fraction of sp³-hybridized carbons (Fsp3) is 0.500. The fourth-order valence-electron chi connectivity index (χ4n) is 1.73. The Morgan fingerprint density at radius 1 is 1.58 bits per heavy atom. The SMILES string of the molecule is CC(C)c1nn(C)c(NCc2ncon2)c1[N+](=O)[O-]. The van der Waals surface area contributed by atoms with Gasteiger partial charge in [-0.25, -0.2) is 4.68 Å². The summed E-state index contributed by atoms with van der Waals surface area (Å²) >= 11 is 0. The van der Waals surface area contributed by atoms with Crippen molar-refractivity contribution in [3.63, 3.8) is 0 Å². The Bertz CT molecular complexity index is 574. The molecule has 0 fully saturated rings. The number of anilines is 1. The Morgan fingerprint density at radius 2 is 2.32 bits per heavy atom. The zero-order valence-electron chi connectivity index (χ0n) is 10.8. The van der Waals surface area contributed by atoms with Gasteiger partial charge in [0.1, 0.15) is 5.69 Å². The fourth-order valence-corrected chi connectivity index (χ4v) is 1.73. The molecule has 9 heteroatoms. The molecule has 0 saturated carbocycles. The van der Waals surface area contributed by atoms with Crippen LogP contribution in [0.5, 0.6) is 0 Å². The van der Waals surface area contributed by atoms with Crippen molar-refractivity contribution in [1.82, 2.24) is 19.9 Å². The van der Waals surface area contributed by atoms with Gasteiger partial charge in [-0.1, -0.05) is 19.0 Å². The highest BCUT2D eigenvalue weighted by atomic mass is 16.6. The van der Waals surface area contributed by atoms with Crippen molar-refractivity contribution in [2.45, 2.75) is 26.3 Å². The first-order valence-corrected chi connectivity index (χ1v) is 5.71. The summed E-state index contributed by atoms with van der Waals surface area (Å²) < 4.78 is 6.05. The number of aryl methyl sites for hydroxylation is 1. The Labute approximate surface area is 108 Å². The van der Waals surface area contributed by atoms with Gasteiger partial charge in [0.25, 0.3) is 0 Å². The number of aromatic nitrogens is 4. The van der Waals surface area contributed by atoms with E-state index < -0.39 is 4.92 Å². The molecule has 0 saturated heterocycles. The molecule has 0 radical (unpaired) electrons. The highest BCUT2D eigenvalue weighted by Crippen LogP contribution is 2.32. The molecule has 2 aromatic heterocycles. The largest absolute Gasteiger partial charge is 0.357 e. The molecule has 0 aliphatic rings. The Morgan fingerprint density at radius 3 is 2.84 bits per heavy atom. The van der Waals surface area contributed by atoms with Crippen molar-refractivity contribution >= 4 is 11.5 Å². The molecule has 0 unspecified atom stereocenters. The minimum Gasteiger partial charge on any atom is -0.357 e. The van der Waals surface area contributed by atoms with Gasteiger partial charge in [-0.05, 0) is 0 Å². The number of hydrogen-bond donors (Lipinski definition) is 1. The first kappa shape index (κ1) is 13.0. The monoisotopic (exact) mass is 266 g/mol. The lowest BCUT2D eigenvalue weighted by molar-refractivity contribution is -0.384. The lowest BCUT2D eigenvalue weighted by Gasteiger charge is -2.03. The van der Waals surface area contributed by atoms with E-state index in [4.69, 9.17) is 0 Å². The van der Waals surface area contributed by atoms with E-state index in [2.05, 4.69) is 25.1 Å². The van der Waals surface area contributed by atoms with E-state index in [9.17, 15) is 10.1 Å². The standard InChI is InChI=1S/C10H14N6O3/c1-6(2)8-9(16(17)18)10(15(3)13-8)11-4-7-12-5-19-14-7/h5-6,11H,4H2,1-3H3. The molecule has 2 rings (SSSR count). The lowest BCUT2D eigenvalue weighted by Crippen LogP contribution is -2.07. The van der Waals surface area contributed by atoms with Crippen LogP contribution in [0, 0.1) is 10.1 Å². The third-order valence-electron chi connectivity index (χ3n) is 2.60. The van der Waals surface area contributed by atoms with E-state index in [1.54, 1.807) is 7.05 Å². The van der Waals surface area contributed by atoms with Crippen molar-refractivity contribution in [3.05, 3.63) is 28.0 Å². The summed E-state index contributed by atoms with van der Waals surface area (Å²) in [5, 5.41) is 21.9. The highest BCUT2D eigenvalue weighted by Gasteiger charge is 2.28. The molecule has 102 valence electrons. The molecule has 0 bridgehead atoms. The van der Waals surface area contributed by atoms with Crippen LogP contribution in [0.15, 0.2) is 10.9 Å². The quantitative estimate of drug-likeness (QED) is 0.643. The second-order valence-electron chi connectivity index (χ2n) is 4.32. The summed E-state index contributed by atoms with van der Waals surface area (Å²) in [4.78, 5) is 14.6. The predicted molar refractivity (Wildman–Crippen MR) is 65.6 cm³/mol. The zero-order valence-corrected chi connectivity index (χ0v) is 10.8. The van der Waals surface area contributed by atoms with Gasteiger partial charge < -0.3 is 9.84 Å². The van der Waals surface area contributed by atoms with Crippen LogP contribution in [0.3, 0.4) is 0 Å². The van der Waals surface area contributed by atoms with Crippen molar-refractivity contribution < 1.29 is 9.45 Å². The number of nitro groups is 1. The first-order chi connectivity index (χ1) is 9.00. The van der Waals surface area contributed by atoms with Gasteiger partial charge in [0.15, 0.2) is 5.82 Å². The molecule has 19 heavy (non-hydrogen) atoms.